The average molecular weight is 362 g/mol. The summed E-state index contributed by atoms with van der Waals surface area (Å²) in [6, 6.07) is 9.82. The Bertz CT molecular complexity index is 1020. The summed E-state index contributed by atoms with van der Waals surface area (Å²) in [7, 11) is 0. The molecule has 0 aromatic heterocycles. The van der Waals surface area contributed by atoms with Crippen LogP contribution in [0.4, 0.5) is 11.4 Å². The standard InChI is InChI=1S/C22H22N2O3/c1-12-7-15-13(2)10-22(3,4)24-20(15)16(8-12)19(21(24)25)23-14-5-6-17-18(9-14)27-11-26-17/h5-9,13H,10-11H2,1-4H3/t13-/m0/s1. The van der Waals surface area contributed by atoms with E-state index in [1.54, 1.807) is 0 Å². The van der Waals surface area contributed by atoms with Crippen LogP contribution in [-0.2, 0) is 4.79 Å². The largest absolute Gasteiger partial charge is 0.454 e. The van der Waals surface area contributed by atoms with Crippen LogP contribution in [0.5, 0.6) is 11.5 Å². The van der Waals surface area contributed by atoms with Crippen LogP contribution in [0.25, 0.3) is 0 Å². The van der Waals surface area contributed by atoms with Crippen LogP contribution >= 0.6 is 0 Å². The molecule has 0 radical (unpaired) electrons. The molecular formula is C22H22N2O3. The summed E-state index contributed by atoms with van der Waals surface area (Å²) in [6.45, 7) is 8.81. The number of fused-ring (bicyclic) bond motifs is 1. The van der Waals surface area contributed by atoms with Crippen LogP contribution in [0.2, 0.25) is 0 Å². The van der Waals surface area contributed by atoms with Gasteiger partial charge in [0.1, 0.15) is 5.71 Å². The Morgan fingerprint density at radius 3 is 2.74 bits per heavy atom. The molecule has 3 heterocycles. The minimum atomic E-state index is -0.236. The SMILES string of the molecule is Cc1cc2c3c(c1)[C@@H](C)CC(C)(C)N3C(=O)C2=Nc1ccc2c(c1)OCO2. The van der Waals surface area contributed by atoms with Crippen molar-refractivity contribution in [2.24, 2.45) is 4.99 Å². The number of carbonyl (C=O) groups excluding carboxylic acids is 1. The van der Waals surface area contributed by atoms with Gasteiger partial charge < -0.3 is 14.4 Å². The van der Waals surface area contributed by atoms with Crippen molar-refractivity contribution in [3.05, 3.63) is 47.0 Å². The second-order valence-corrected chi connectivity index (χ2v) is 8.31. The van der Waals surface area contributed by atoms with Crippen molar-refractivity contribution in [1.82, 2.24) is 0 Å². The highest BCUT2D eigenvalue weighted by Gasteiger charge is 2.48. The molecule has 0 saturated heterocycles. The zero-order valence-electron chi connectivity index (χ0n) is 16.0. The third-order valence-electron chi connectivity index (χ3n) is 5.71. The summed E-state index contributed by atoms with van der Waals surface area (Å²) in [6.07, 6.45) is 0.936. The summed E-state index contributed by atoms with van der Waals surface area (Å²) < 4.78 is 10.8. The van der Waals surface area contributed by atoms with Crippen LogP contribution in [0.15, 0.2) is 35.3 Å². The maximum Gasteiger partial charge on any atom is 0.278 e. The third-order valence-corrected chi connectivity index (χ3v) is 5.71. The molecule has 0 saturated carbocycles. The molecule has 3 aliphatic heterocycles. The van der Waals surface area contributed by atoms with Crippen molar-refractivity contribution in [1.29, 1.82) is 0 Å². The van der Waals surface area contributed by atoms with Crippen molar-refractivity contribution in [2.75, 3.05) is 11.7 Å². The molecule has 0 unspecified atom stereocenters. The first kappa shape index (κ1) is 16.4. The number of aliphatic imine (C=N–C) groups is 1. The van der Waals surface area contributed by atoms with Crippen molar-refractivity contribution in [3.8, 4) is 11.5 Å². The van der Waals surface area contributed by atoms with Crippen molar-refractivity contribution >= 4 is 23.0 Å². The molecule has 0 aliphatic carbocycles. The molecule has 3 aliphatic rings. The molecule has 5 heteroatoms. The van der Waals surface area contributed by atoms with Gasteiger partial charge in [-0.25, -0.2) is 4.99 Å². The first-order valence-corrected chi connectivity index (χ1v) is 9.33. The highest BCUT2D eigenvalue weighted by atomic mass is 16.7. The number of anilines is 1. The highest BCUT2D eigenvalue weighted by molar-refractivity contribution is 6.55. The number of amides is 1. The number of nitrogens with zero attached hydrogens (tertiary/aromatic N) is 2. The second kappa shape index (κ2) is 5.35. The van der Waals surface area contributed by atoms with Crippen LogP contribution in [-0.4, -0.2) is 24.0 Å². The molecule has 5 nitrogen and oxygen atoms in total. The van der Waals surface area contributed by atoms with E-state index in [4.69, 9.17) is 14.5 Å². The number of benzene rings is 2. The van der Waals surface area contributed by atoms with E-state index in [1.807, 2.05) is 23.1 Å². The average Bonchev–Trinajstić information content (AvgIpc) is 3.16. The molecule has 1 atom stereocenters. The zero-order valence-corrected chi connectivity index (χ0v) is 16.0. The molecule has 2 aromatic rings. The molecule has 5 rings (SSSR count). The van der Waals surface area contributed by atoms with Gasteiger partial charge in [0.25, 0.3) is 5.91 Å². The lowest BCUT2D eigenvalue weighted by molar-refractivity contribution is -0.113. The first-order chi connectivity index (χ1) is 12.8. The zero-order chi connectivity index (χ0) is 18.9. The van der Waals surface area contributed by atoms with Gasteiger partial charge in [0.15, 0.2) is 11.5 Å². The fourth-order valence-corrected chi connectivity index (χ4v) is 4.66. The molecule has 2 aromatic carbocycles. The van der Waals surface area contributed by atoms with Crippen LogP contribution in [0, 0.1) is 6.92 Å². The summed E-state index contributed by atoms with van der Waals surface area (Å²) in [5.41, 5.74) is 5.34. The third kappa shape index (κ3) is 2.30. The number of carbonyl (C=O) groups is 1. The Balaban J connectivity index is 1.70. The quantitative estimate of drug-likeness (QED) is 0.752. The van der Waals surface area contributed by atoms with Gasteiger partial charge in [0.05, 0.1) is 11.4 Å². The maximum absolute atomic E-state index is 13.4. The van der Waals surface area contributed by atoms with E-state index in [0.29, 0.717) is 28.8 Å². The number of ether oxygens (including phenoxy) is 2. The Hall–Kier alpha value is -2.82. The van der Waals surface area contributed by atoms with E-state index >= 15 is 0 Å². The molecule has 27 heavy (non-hydrogen) atoms. The van der Waals surface area contributed by atoms with E-state index < -0.39 is 0 Å². The molecule has 138 valence electrons. The number of hydrogen-bond acceptors (Lipinski definition) is 4. The molecule has 1 amide bonds. The van der Waals surface area contributed by atoms with Gasteiger partial charge in [-0.1, -0.05) is 18.6 Å². The van der Waals surface area contributed by atoms with Crippen molar-refractivity contribution in [3.63, 3.8) is 0 Å². The highest BCUT2D eigenvalue weighted by Crippen LogP contribution is 2.49. The van der Waals surface area contributed by atoms with Gasteiger partial charge in [0.2, 0.25) is 6.79 Å². The summed E-state index contributed by atoms with van der Waals surface area (Å²) in [5, 5.41) is 0. The minimum absolute atomic E-state index is 0.0218. The smallest absolute Gasteiger partial charge is 0.278 e. The number of aryl methyl sites for hydroxylation is 1. The summed E-state index contributed by atoms with van der Waals surface area (Å²) >= 11 is 0. The van der Waals surface area contributed by atoms with Crippen LogP contribution < -0.4 is 14.4 Å². The van der Waals surface area contributed by atoms with Gasteiger partial charge in [0, 0.05) is 17.2 Å². The lowest BCUT2D eigenvalue weighted by atomic mass is 9.80. The van der Waals surface area contributed by atoms with Crippen molar-refractivity contribution in [2.45, 2.75) is 45.6 Å². The Morgan fingerprint density at radius 2 is 1.93 bits per heavy atom. The van der Waals surface area contributed by atoms with E-state index in [1.165, 1.54) is 5.56 Å². The molecule has 0 bridgehead atoms. The predicted octanol–water partition coefficient (Wildman–Crippen LogP) is 4.48. The lowest BCUT2D eigenvalue weighted by Crippen LogP contribution is -2.50. The van der Waals surface area contributed by atoms with Gasteiger partial charge in [-0.05, 0) is 56.9 Å². The summed E-state index contributed by atoms with van der Waals surface area (Å²) in [4.78, 5) is 20.1. The lowest BCUT2D eigenvalue weighted by Gasteiger charge is -2.43. The van der Waals surface area contributed by atoms with Gasteiger partial charge in [-0.3, -0.25) is 4.79 Å². The molecule has 0 N–H and O–H groups in total. The van der Waals surface area contributed by atoms with E-state index in [0.717, 1.165) is 23.2 Å². The predicted molar refractivity (Wildman–Crippen MR) is 105 cm³/mol. The second-order valence-electron chi connectivity index (χ2n) is 8.31. The van der Waals surface area contributed by atoms with Crippen molar-refractivity contribution < 1.29 is 14.3 Å². The van der Waals surface area contributed by atoms with Gasteiger partial charge in [-0.2, -0.15) is 0 Å². The normalized spacial score (nSPS) is 23.1. The van der Waals surface area contributed by atoms with E-state index in [9.17, 15) is 4.79 Å². The van der Waals surface area contributed by atoms with Gasteiger partial charge >= 0.3 is 0 Å². The Morgan fingerprint density at radius 1 is 1.15 bits per heavy atom. The van der Waals surface area contributed by atoms with E-state index in [2.05, 4.69) is 39.8 Å². The Labute approximate surface area is 158 Å². The Kier molecular flexibility index (Phi) is 3.24. The fourth-order valence-electron chi connectivity index (χ4n) is 4.66. The van der Waals surface area contributed by atoms with E-state index in [-0.39, 0.29) is 18.2 Å². The number of rotatable bonds is 1. The first-order valence-electron chi connectivity index (χ1n) is 9.33. The molecule has 0 spiro atoms. The topological polar surface area (TPSA) is 51.1 Å². The maximum atomic E-state index is 13.4. The monoisotopic (exact) mass is 362 g/mol. The van der Waals surface area contributed by atoms with Gasteiger partial charge in [-0.15, -0.1) is 0 Å². The molecular weight excluding hydrogens is 340 g/mol. The fraction of sp³-hybridized carbons (Fsp3) is 0.364. The molecule has 0 fully saturated rings. The minimum Gasteiger partial charge on any atom is -0.454 e. The number of hydrogen-bond donors (Lipinski definition) is 0. The van der Waals surface area contributed by atoms with Crippen LogP contribution in [0.1, 0.15) is 49.8 Å². The van der Waals surface area contributed by atoms with Crippen LogP contribution in [0.3, 0.4) is 0 Å². The summed E-state index contributed by atoms with van der Waals surface area (Å²) in [5.74, 6) is 1.77.